The Morgan fingerprint density at radius 1 is 1.04 bits per heavy atom. The van der Waals surface area contributed by atoms with E-state index in [1.807, 2.05) is 12.1 Å². The molecule has 1 aromatic heterocycles. The number of anilines is 1. The van der Waals surface area contributed by atoms with E-state index in [-0.39, 0.29) is 5.82 Å². The molecule has 1 saturated heterocycles. The van der Waals surface area contributed by atoms with Crippen LogP contribution in [0.2, 0.25) is 0 Å². The molecule has 5 heteroatoms. The van der Waals surface area contributed by atoms with Crippen molar-refractivity contribution in [2.24, 2.45) is 5.73 Å². The van der Waals surface area contributed by atoms with E-state index in [1.165, 1.54) is 31.4 Å². The van der Waals surface area contributed by atoms with E-state index in [4.69, 9.17) is 5.73 Å². The van der Waals surface area contributed by atoms with Crippen LogP contribution in [0.15, 0.2) is 42.5 Å². The predicted molar refractivity (Wildman–Crippen MR) is 98.3 cm³/mol. The molecule has 1 amide bonds. The second kappa shape index (κ2) is 6.24. The number of nitrogens with two attached hydrogens (primary N) is 1. The average Bonchev–Trinajstić information content (AvgIpc) is 3.07. The molecule has 0 unspecified atom stereocenters. The van der Waals surface area contributed by atoms with Gasteiger partial charge < -0.3 is 15.6 Å². The number of nitrogens with zero attached hydrogens (tertiary/aromatic N) is 1. The van der Waals surface area contributed by atoms with Crippen molar-refractivity contribution in [1.29, 1.82) is 0 Å². The van der Waals surface area contributed by atoms with Gasteiger partial charge in [0.25, 0.3) is 5.91 Å². The first-order valence-electron chi connectivity index (χ1n) is 8.60. The lowest BCUT2D eigenvalue weighted by Gasteiger charge is -2.29. The number of benzene rings is 2. The van der Waals surface area contributed by atoms with Gasteiger partial charge in [0.05, 0.1) is 11.1 Å². The number of carbonyl (C=O) groups is 1. The maximum atomic E-state index is 13.2. The molecule has 3 N–H and O–H groups in total. The van der Waals surface area contributed by atoms with Gasteiger partial charge in [-0.3, -0.25) is 4.79 Å². The molecule has 25 heavy (non-hydrogen) atoms. The highest BCUT2D eigenvalue weighted by molar-refractivity contribution is 6.09. The van der Waals surface area contributed by atoms with E-state index in [0.717, 1.165) is 40.9 Å². The van der Waals surface area contributed by atoms with Gasteiger partial charge in [-0.2, -0.15) is 0 Å². The molecule has 128 valence electrons. The molecule has 4 rings (SSSR count). The van der Waals surface area contributed by atoms with Gasteiger partial charge in [0.2, 0.25) is 0 Å². The number of hydrogen-bond acceptors (Lipinski definition) is 2. The SMILES string of the molecule is NC(=O)c1ccc(N2CCCCC2)c2cc(-c3ccc(F)cc3)[nH]c12. The third-order valence-corrected chi connectivity index (χ3v) is 4.89. The van der Waals surface area contributed by atoms with Crippen molar-refractivity contribution in [3.63, 3.8) is 0 Å². The summed E-state index contributed by atoms with van der Waals surface area (Å²) < 4.78 is 13.2. The molecule has 0 radical (unpaired) electrons. The van der Waals surface area contributed by atoms with Crippen LogP contribution >= 0.6 is 0 Å². The van der Waals surface area contributed by atoms with E-state index >= 15 is 0 Å². The summed E-state index contributed by atoms with van der Waals surface area (Å²) in [7, 11) is 0. The topological polar surface area (TPSA) is 62.1 Å². The summed E-state index contributed by atoms with van der Waals surface area (Å²) >= 11 is 0. The lowest BCUT2D eigenvalue weighted by Crippen LogP contribution is -2.29. The Labute approximate surface area is 145 Å². The highest BCUT2D eigenvalue weighted by atomic mass is 19.1. The van der Waals surface area contributed by atoms with E-state index in [0.29, 0.717) is 5.56 Å². The highest BCUT2D eigenvalue weighted by Crippen LogP contribution is 2.34. The fourth-order valence-corrected chi connectivity index (χ4v) is 3.61. The van der Waals surface area contributed by atoms with Crippen LogP contribution < -0.4 is 10.6 Å². The molecule has 1 aliphatic rings. The molecular weight excluding hydrogens is 317 g/mol. The van der Waals surface area contributed by atoms with Crippen LogP contribution in [0.3, 0.4) is 0 Å². The summed E-state index contributed by atoms with van der Waals surface area (Å²) in [6.07, 6.45) is 3.61. The summed E-state index contributed by atoms with van der Waals surface area (Å²) in [5.41, 5.74) is 9.61. The molecule has 1 fully saturated rings. The van der Waals surface area contributed by atoms with Crippen LogP contribution in [0, 0.1) is 5.82 Å². The molecule has 0 atom stereocenters. The summed E-state index contributed by atoms with van der Waals surface area (Å²) in [6.45, 7) is 2.03. The zero-order chi connectivity index (χ0) is 17.4. The maximum Gasteiger partial charge on any atom is 0.250 e. The first-order valence-corrected chi connectivity index (χ1v) is 8.60. The number of amides is 1. The van der Waals surface area contributed by atoms with Crippen LogP contribution in [0.25, 0.3) is 22.2 Å². The number of carbonyl (C=O) groups excluding carboxylic acids is 1. The average molecular weight is 337 g/mol. The van der Waals surface area contributed by atoms with E-state index in [9.17, 15) is 9.18 Å². The number of primary amides is 1. The first-order chi connectivity index (χ1) is 12.1. The van der Waals surface area contributed by atoms with Gasteiger partial charge in [0, 0.05) is 29.9 Å². The summed E-state index contributed by atoms with van der Waals surface area (Å²) in [6, 6.07) is 12.1. The zero-order valence-electron chi connectivity index (χ0n) is 13.9. The molecule has 0 aliphatic carbocycles. The van der Waals surface area contributed by atoms with Crippen molar-refractivity contribution in [3.8, 4) is 11.3 Å². The number of aromatic nitrogens is 1. The molecular formula is C20H20FN3O. The summed E-state index contributed by atoms with van der Waals surface area (Å²) in [5.74, 6) is -0.727. The van der Waals surface area contributed by atoms with Gasteiger partial charge in [-0.1, -0.05) is 0 Å². The van der Waals surface area contributed by atoms with Crippen molar-refractivity contribution in [2.45, 2.75) is 19.3 Å². The maximum absolute atomic E-state index is 13.2. The molecule has 0 spiro atoms. The number of fused-ring (bicyclic) bond motifs is 1. The third-order valence-electron chi connectivity index (χ3n) is 4.89. The molecule has 2 aromatic carbocycles. The smallest absolute Gasteiger partial charge is 0.250 e. The fourth-order valence-electron chi connectivity index (χ4n) is 3.61. The lowest BCUT2D eigenvalue weighted by atomic mass is 10.0. The second-order valence-electron chi connectivity index (χ2n) is 6.52. The van der Waals surface area contributed by atoms with Gasteiger partial charge in [-0.25, -0.2) is 4.39 Å². The number of hydrogen-bond donors (Lipinski definition) is 2. The van der Waals surface area contributed by atoms with Crippen molar-refractivity contribution >= 4 is 22.5 Å². The van der Waals surface area contributed by atoms with Gasteiger partial charge in [0.15, 0.2) is 0 Å². The Kier molecular flexibility index (Phi) is 3.92. The molecule has 0 bridgehead atoms. The van der Waals surface area contributed by atoms with Crippen LogP contribution in [-0.4, -0.2) is 24.0 Å². The van der Waals surface area contributed by atoms with Crippen molar-refractivity contribution < 1.29 is 9.18 Å². The highest BCUT2D eigenvalue weighted by Gasteiger charge is 2.19. The van der Waals surface area contributed by atoms with Crippen molar-refractivity contribution in [2.75, 3.05) is 18.0 Å². The Morgan fingerprint density at radius 2 is 1.76 bits per heavy atom. The largest absolute Gasteiger partial charge is 0.371 e. The van der Waals surface area contributed by atoms with Gasteiger partial charge in [-0.05, 0) is 67.3 Å². The minimum atomic E-state index is -0.456. The molecule has 2 heterocycles. The third kappa shape index (κ3) is 2.86. The van der Waals surface area contributed by atoms with Gasteiger partial charge >= 0.3 is 0 Å². The number of piperidine rings is 1. The zero-order valence-corrected chi connectivity index (χ0v) is 13.9. The van der Waals surface area contributed by atoms with Gasteiger partial charge in [0.1, 0.15) is 5.82 Å². The van der Waals surface area contributed by atoms with E-state index in [1.54, 1.807) is 18.2 Å². The molecule has 3 aromatic rings. The fraction of sp³-hybridized carbons (Fsp3) is 0.250. The Balaban J connectivity index is 1.88. The van der Waals surface area contributed by atoms with Crippen LogP contribution in [0.4, 0.5) is 10.1 Å². The quantitative estimate of drug-likeness (QED) is 0.757. The number of H-pyrrole nitrogens is 1. The van der Waals surface area contributed by atoms with Crippen LogP contribution in [-0.2, 0) is 0 Å². The minimum Gasteiger partial charge on any atom is -0.371 e. The van der Waals surface area contributed by atoms with Crippen molar-refractivity contribution in [3.05, 3.63) is 53.8 Å². The standard InChI is InChI=1S/C20H20FN3O/c21-14-6-4-13(5-7-14)17-12-16-18(24-10-2-1-3-11-24)9-8-15(20(22)25)19(16)23-17/h4-9,12,23H,1-3,10-11H2,(H2,22,25). The number of halogens is 1. The minimum absolute atomic E-state index is 0.272. The van der Waals surface area contributed by atoms with Crippen molar-refractivity contribution in [1.82, 2.24) is 4.98 Å². The molecule has 1 aliphatic heterocycles. The number of aromatic amines is 1. The second-order valence-corrected chi connectivity index (χ2v) is 6.52. The Hall–Kier alpha value is -2.82. The number of nitrogens with one attached hydrogen (secondary N) is 1. The van der Waals surface area contributed by atoms with Gasteiger partial charge in [-0.15, -0.1) is 0 Å². The predicted octanol–water partition coefficient (Wildman–Crippen LogP) is 4.06. The molecule has 4 nitrogen and oxygen atoms in total. The van der Waals surface area contributed by atoms with Crippen LogP contribution in [0.1, 0.15) is 29.6 Å². The molecule has 0 saturated carbocycles. The monoisotopic (exact) mass is 337 g/mol. The first kappa shape index (κ1) is 15.7. The van der Waals surface area contributed by atoms with E-state index < -0.39 is 5.91 Å². The summed E-state index contributed by atoms with van der Waals surface area (Å²) in [4.78, 5) is 17.5. The Morgan fingerprint density at radius 3 is 2.44 bits per heavy atom. The Bertz CT molecular complexity index is 924. The lowest BCUT2D eigenvalue weighted by molar-refractivity contribution is 0.100. The summed E-state index contributed by atoms with van der Waals surface area (Å²) in [5, 5.41) is 0.984. The number of rotatable bonds is 3. The van der Waals surface area contributed by atoms with Crippen LogP contribution in [0.5, 0.6) is 0 Å². The normalized spacial score (nSPS) is 14.8. The van der Waals surface area contributed by atoms with E-state index in [2.05, 4.69) is 9.88 Å².